The molecule has 19 heavy (non-hydrogen) atoms. The van der Waals surface area contributed by atoms with Gasteiger partial charge in [-0.25, -0.2) is 13.4 Å². The molecule has 0 radical (unpaired) electrons. The topological polar surface area (TPSA) is 75.3 Å². The number of aromatic nitrogens is 2. The average molecular weight is 281 g/mol. The molecule has 0 spiro atoms. The van der Waals surface area contributed by atoms with Crippen molar-refractivity contribution >= 4 is 10.0 Å². The van der Waals surface area contributed by atoms with Crippen LogP contribution in [-0.2, 0) is 16.6 Å². The first-order valence-electron chi connectivity index (χ1n) is 5.63. The molecule has 0 saturated heterocycles. The molecule has 0 saturated carbocycles. The van der Waals surface area contributed by atoms with Crippen LogP contribution in [0.2, 0.25) is 0 Å². The van der Waals surface area contributed by atoms with Crippen LogP contribution in [0.15, 0.2) is 41.6 Å². The van der Waals surface area contributed by atoms with E-state index in [1.807, 2.05) is 0 Å². The maximum atomic E-state index is 12.4. The van der Waals surface area contributed by atoms with Gasteiger partial charge in [0.15, 0.2) is 0 Å². The number of hydrogen-bond donors (Lipinski definition) is 1. The van der Waals surface area contributed by atoms with Crippen molar-refractivity contribution in [1.82, 2.24) is 14.3 Å². The van der Waals surface area contributed by atoms with Gasteiger partial charge in [0.1, 0.15) is 16.5 Å². The Morgan fingerprint density at radius 1 is 1.37 bits per heavy atom. The summed E-state index contributed by atoms with van der Waals surface area (Å²) in [5, 5.41) is 0. The highest BCUT2D eigenvalue weighted by atomic mass is 32.2. The van der Waals surface area contributed by atoms with E-state index in [1.165, 1.54) is 24.5 Å². The van der Waals surface area contributed by atoms with E-state index >= 15 is 0 Å². The van der Waals surface area contributed by atoms with Crippen LogP contribution in [0.25, 0.3) is 0 Å². The number of hydrogen-bond acceptors (Lipinski definition) is 4. The number of ether oxygens (including phenoxy) is 1. The van der Waals surface area contributed by atoms with Gasteiger partial charge in [0, 0.05) is 19.4 Å². The highest BCUT2D eigenvalue weighted by molar-refractivity contribution is 7.89. The van der Waals surface area contributed by atoms with Gasteiger partial charge in [0.2, 0.25) is 10.0 Å². The van der Waals surface area contributed by atoms with Crippen molar-refractivity contribution in [2.24, 2.45) is 0 Å². The summed E-state index contributed by atoms with van der Waals surface area (Å²) in [7, 11) is -0.660. The molecular weight excluding hydrogens is 266 g/mol. The van der Waals surface area contributed by atoms with Gasteiger partial charge >= 0.3 is 0 Å². The molecule has 1 aromatic carbocycles. The molecule has 0 amide bonds. The van der Waals surface area contributed by atoms with Crippen molar-refractivity contribution in [3.8, 4) is 5.75 Å². The first-order valence-corrected chi connectivity index (χ1v) is 7.07. The summed E-state index contributed by atoms with van der Waals surface area (Å²) < 4.78 is 31.2. The van der Waals surface area contributed by atoms with Gasteiger partial charge in [-0.3, -0.25) is 0 Å². The van der Waals surface area contributed by atoms with Crippen LogP contribution in [-0.4, -0.2) is 36.8 Å². The largest absolute Gasteiger partial charge is 0.495 e. The summed E-state index contributed by atoms with van der Waals surface area (Å²) in [5.74, 6) is 0.912. The quantitative estimate of drug-likeness (QED) is 0.894. The third-order valence-corrected chi connectivity index (χ3v) is 4.53. The molecule has 1 aromatic heterocycles. The zero-order valence-corrected chi connectivity index (χ0v) is 11.5. The van der Waals surface area contributed by atoms with Crippen LogP contribution < -0.4 is 4.74 Å². The molecule has 1 heterocycles. The third kappa shape index (κ3) is 2.77. The Kier molecular flexibility index (Phi) is 3.87. The number of aromatic amines is 1. The Labute approximate surface area is 112 Å². The number of H-pyrrole nitrogens is 1. The van der Waals surface area contributed by atoms with Gasteiger partial charge in [-0.1, -0.05) is 12.1 Å². The van der Waals surface area contributed by atoms with Crippen LogP contribution in [0.5, 0.6) is 5.75 Å². The van der Waals surface area contributed by atoms with E-state index in [9.17, 15) is 8.42 Å². The van der Waals surface area contributed by atoms with Gasteiger partial charge in [-0.05, 0) is 12.1 Å². The number of para-hydroxylation sites is 1. The van der Waals surface area contributed by atoms with E-state index in [0.717, 1.165) is 0 Å². The van der Waals surface area contributed by atoms with E-state index < -0.39 is 10.0 Å². The first kappa shape index (κ1) is 13.6. The second-order valence-electron chi connectivity index (χ2n) is 3.95. The van der Waals surface area contributed by atoms with Crippen molar-refractivity contribution in [3.05, 3.63) is 42.5 Å². The minimum absolute atomic E-state index is 0.145. The molecule has 0 unspecified atom stereocenters. The maximum Gasteiger partial charge on any atom is 0.246 e. The fourth-order valence-electron chi connectivity index (χ4n) is 1.68. The van der Waals surface area contributed by atoms with Gasteiger partial charge in [0.25, 0.3) is 0 Å². The second kappa shape index (κ2) is 5.41. The summed E-state index contributed by atoms with van der Waals surface area (Å²) in [6.45, 7) is 0.174. The second-order valence-corrected chi connectivity index (χ2v) is 5.96. The monoisotopic (exact) mass is 281 g/mol. The normalized spacial score (nSPS) is 11.7. The number of imidazole rings is 1. The SMILES string of the molecule is COc1ccccc1S(=O)(=O)N(C)Cc1ncc[nH]1. The number of rotatable bonds is 5. The Balaban J connectivity index is 2.31. The van der Waals surface area contributed by atoms with Crippen molar-refractivity contribution in [3.63, 3.8) is 0 Å². The zero-order valence-electron chi connectivity index (χ0n) is 10.7. The van der Waals surface area contributed by atoms with E-state index in [0.29, 0.717) is 11.6 Å². The number of methoxy groups -OCH3 is 1. The lowest BCUT2D eigenvalue weighted by atomic mass is 10.3. The van der Waals surface area contributed by atoms with E-state index in [2.05, 4.69) is 9.97 Å². The molecule has 7 heteroatoms. The fourth-order valence-corrected chi connectivity index (χ4v) is 2.96. The predicted octanol–water partition coefficient (Wildman–Crippen LogP) is 1.24. The van der Waals surface area contributed by atoms with Crippen molar-refractivity contribution in [2.75, 3.05) is 14.2 Å². The smallest absolute Gasteiger partial charge is 0.246 e. The van der Waals surface area contributed by atoms with Gasteiger partial charge in [-0.15, -0.1) is 0 Å². The van der Waals surface area contributed by atoms with E-state index in [-0.39, 0.29) is 11.4 Å². The van der Waals surface area contributed by atoms with Crippen LogP contribution in [0.4, 0.5) is 0 Å². The minimum Gasteiger partial charge on any atom is -0.495 e. The molecule has 0 atom stereocenters. The summed E-state index contributed by atoms with van der Waals surface area (Å²) in [6.07, 6.45) is 3.23. The molecular formula is C12H15N3O3S. The number of benzene rings is 1. The van der Waals surface area contributed by atoms with E-state index in [4.69, 9.17) is 4.74 Å². The summed E-state index contributed by atoms with van der Waals surface area (Å²) >= 11 is 0. The Hall–Kier alpha value is -1.86. The zero-order chi connectivity index (χ0) is 13.9. The van der Waals surface area contributed by atoms with Crippen LogP contribution in [0.3, 0.4) is 0 Å². The Morgan fingerprint density at radius 3 is 2.74 bits per heavy atom. The third-order valence-electron chi connectivity index (χ3n) is 2.68. The molecule has 0 aliphatic carbocycles. The molecule has 0 fully saturated rings. The molecule has 6 nitrogen and oxygen atoms in total. The van der Waals surface area contributed by atoms with Crippen LogP contribution in [0, 0.1) is 0 Å². The van der Waals surface area contributed by atoms with Crippen LogP contribution in [0.1, 0.15) is 5.82 Å². The molecule has 2 rings (SSSR count). The summed E-state index contributed by atoms with van der Waals surface area (Å²) in [6, 6.07) is 6.53. The Morgan fingerprint density at radius 2 is 2.11 bits per heavy atom. The standard InChI is InChI=1S/C12H15N3O3S/c1-15(9-12-13-7-8-14-12)19(16,17)11-6-4-3-5-10(11)18-2/h3-8H,9H2,1-2H3,(H,13,14). The molecule has 2 aromatic rings. The lowest BCUT2D eigenvalue weighted by molar-refractivity contribution is 0.397. The number of sulfonamides is 1. The van der Waals surface area contributed by atoms with Crippen molar-refractivity contribution < 1.29 is 13.2 Å². The lowest BCUT2D eigenvalue weighted by Gasteiger charge is -2.17. The molecule has 0 aliphatic rings. The van der Waals surface area contributed by atoms with E-state index in [1.54, 1.807) is 30.6 Å². The van der Waals surface area contributed by atoms with Gasteiger partial charge < -0.3 is 9.72 Å². The predicted molar refractivity (Wildman–Crippen MR) is 70.2 cm³/mol. The lowest BCUT2D eigenvalue weighted by Crippen LogP contribution is -2.27. The number of nitrogens with zero attached hydrogens (tertiary/aromatic N) is 2. The number of nitrogens with one attached hydrogen (secondary N) is 1. The minimum atomic E-state index is -3.61. The van der Waals surface area contributed by atoms with Crippen molar-refractivity contribution in [1.29, 1.82) is 0 Å². The molecule has 0 bridgehead atoms. The van der Waals surface area contributed by atoms with Gasteiger partial charge in [0.05, 0.1) is 13.7 Å². The summed E-state index contributed by atoms with van der Waals surface area (Å²) in [5.41, 5.74) is 0. The molecule has 0 aliphatic heterocycles. The average Bonchev–Trinajstić information content (AvgIpc) is 2.91. The molecule has 1 N–H and O–H groups in total. The highest BCUT2D eigenvalue weighted by Gasteiger charge is 2.24. The molecule has 102 valence electrons. The van der Waals surface area contributed by atoms with Crippen LogP contribution >= 0.6 is 0 Å². The first-order chi connectivity index (χ1) is 9.05. The van der Waals surface area contributed by atoms with Gasteiger partial charge in [-0.2, -0.15) is 4.31 Å². The Bertz CT molecular complexity index is 638. The summed E-state index contributed by atoms with van der Waals surface area (Å²) in [4.78, 5) is 7.03. The fraction of sp³-hybridized carbons (Fsp3) is 0.250. The highest BCUT2D eigenvalue weighted by Crippen LogP contribution is 2.25. The van der Waals surface area contributed by atoms with Crippen molar-refractivity contribution in [2.45, 2.75) is 11.4 Å². The maximum absolute atomic E-state index is 12.4.